The second-order valence-corrected chi connectivity index (χ2v) is 4.07. The van der Waals surface area contributed by atoms with Gasteiger partial charge in [0.2, 0.25) is 0 Å². The molecule has 1 aliphatic carbocycles. The fraction of sp³-hybridized carbons (Fsp3) is 0.800. The van der Waals surface area contributed by atoms with E-state index in [0.717, 1.165) is 19.3 Å². The minimum Gasteiger partial charge on any atom is -0.479 e. The minimum atomic E-state index is -1.14. The summed E-state index contributed by atoms with van der Waals surface area (Å²) in [5, 5.41) is 8.86. The van der Waals surface area contributed by atoms with Gasteiger partial charge in [-0.3, -0.25) is 0 Å². The van der Waals surface area contributed by atoms with Gasteiger partial charge >= 0.3 is 5.97 Å². The summed E-state index contributed by atoms with van der Waals surface area (Å²) in [7, 11) is 0. The van der Waals surface area contributed by atoms with Crippen molar-refractivity contribution in [2.24, 2.45) is 0 Å². The third-order valence-corrected chi connectivity index (χ3v) is 2.98. The van der Waals surface area contributed by atoms with Crippen LogP contribution in [0.15, 0.2) is 0 Å². The first-order valence-corrected chi connectivity index (χ1v) is 5.21. The maximum atomic E-state index is 10.8. The summed E-state index contributed by atoms with van der Waals surface area (Å²) >= 11 is 0. The van der Waals surface area contributed by atoms with Gasteiger partial charge < -0.3 is 19.4 Å². The Hall–Kier alpha value is -0.940. The molecule has 5 heteroatoms. The fourth-order valence-electron chi connectivity index (χ4n) is 2.25. The molecule has 5 nitrogen and oxygen atoms in total. The Morgan fingerprint density at radius 2 is 1.93 bits per heavy atom. The number of carbonyl (C=O) groups is 2. The van der Waals surface area contributed by atoms with E-state index in [1.165, 1.54) is 0 Å². The molecular formula is C10H14O5. The third kappa shape index (κ3) is 1.89. The molecule has 2 atom stereocenters. The average molecular weight is 214 g/mol. The van der Waals surface area contributed by atoms with Gasteiger partial charge in [0.25, 0.3) is 0 Å². The van der Waals surface area contributed by atoms with Gasteiger partial charge in [-0.05, 0) is 12.8 Å². The number of hydrogen-bond acceptors (Lipinski definition) is 4. The topological polar surface area (TPSA) is 72.8 Å². The summed E-state index contributed by atoms with van der Waals surface area (Å²) in [4.78, 5) is 21.5. The second-order valence-electron chi connectivity index (χ2n) is 4.07. The van der Waals surface area contributed by atoms with Crippen LogP contribution in [0.3, 0.4) is 0 Å². The van der Waals surface area contributed by atoms with E-state index in [1.54, 1.807) is 0 Å². The van der Waals surface area contributed by atoms with Crippen molar-refractivity contribution in [3.05, 3.63) is 0 Å². The lowest BCUT2D eigenvalue weighted by molar-refractivity contribution is -0.197. The molecule has 0 amide bonds. The van der Waals surface area contributed by atoms with E-state index < -0.39 is 24.0 Å². The number of ether oxygens (including phenoxy) is 2. The lowest BCUT2D eigenvalue weighted by atomic mass is 9.94. The first kappa shape index (κ1) is 10.6. The van der Waals surface area contributed by atoms with Crippen molar-refractivity contribution in [1.82, 2.24) is 0 Å². The van der Waals surface area contributed by atoms with Crippen LogP contribution < -0.4 is 0 Å². The molecule has 0 aromatic carbocycles. The predicted molar refractivity (Wildman–Crippen MR) is 49.3 cm³/mol. The number of carboxylic acids is 1. The molecule has 0 bridgehead atoms. The molecule has 1 N–H and O–H groups in total. The molecule has 0 unspecified atom stereocenters. The molecule has 84 valence electrons. The van der Waals surface area contributed by atoms with Gasteiger partial charge in [-0.1, -0.05) is 6.42 Å². The van der Waals surface area contributed by atoms with E-state index in [-0.39, 0.29) is 0 Å². The highest BCUT2D eigenvalue weighted by molar-refractivity contribution is 5.79. The van der Waals surface area contributed by atoms with Crippen LogP contribution in [-0.2, 0) is 19.1 Å². The van der Waals surface area contributed by atoms with Gasteiger partial charge in [0.1, 0.15) is 0 Å². The van der Waals surface area contributed by atoms with Crippen LogP contribution in [0.2, 0.25) is 0 Å². The van der Waals surface area contributed by atoms with Gasteiger partial charge in [0.15, 0.2) is 24.3 Å². The highest BCUT2D eigenvalue weighted by Crippen LogP contribution is 2.39. The number of rotatable bonds is 2. The molecule has 1 spiro atoms. The van der Waals surface area contributed by atoms with Crippen molar-refractivity contribution in [1.29, 1.82) is 0 Å². The van der Waals surface area contributed by atoms with Crippen LogP contribution in [0.4, 0.5) is 0 Å². The number of aliphatic carboxylic acids is 1. The zero-order valence-corrected chi connectivity index (χ0v) is 8.35. The maximum absolute atomic E-state index is 10.8. The molecule has 0 aromatic rings. The Labute approximate surface area is 87.4 Å². The zero-order chi connectivity index (χ0) is 10.9. The standard InChI is InChI=1S/C10H14O5/c11-6-7-8(9(12)13)15-10(14-7)4-2-1-3-5-10/h6-8H,1-5H2,(H,12,13)/t7-,8-/m0/s1. The van der Waals surface area contributed by atoms with Crippen LogP contribution in [0, 0.1) is 0 Å². The SMILES string of the molecule is O=C[C@@H]1OC2(CCCCC2)O[C@@H]1C(=O)O. The van der Waals surface area contributed by atoms with E-state index in [0.29, 0.717) is 19.1 Å². The molecule has 2 fully saturated rings. The van der Waals surface area contributed by atoms with Crippen LogP contribution in [-0.4, -0.2) is 35.4 Å². The third-order valence-electron chi connectivity index (χ3n) is 2.98. The molecule has 0 aromatic heterocycles. The summed E-state index contributed by atoms with van der Waals surface area (Å²) in [6, 6.07) is 0. The van der Waals surface area contributed by atoms with Gasteiger partial charge in [0.05, 0.1) is 0 Å². The van der Waals surface area contributed by atoms with Gasteiger partial charge in [-0.15, -0.1) is 0 Å². The van der Waals surface area contributed by atoms with Crippen LogP contribution >= 0.6 is 0 Å². The van der Waals surface area contributed by atoms with Crippen molar-refractivity contribution in [3.63, 3.8) is 0 Å². The van der Waals surface area contributed by atoms with Gasteiger partial charge in [-0.2, -0.15) is 0 Å². The van der Waals surface area contributed by atoms with Crippen LogP contribution in [0.5, 0.6) is 0 Å². The molecule has 1 saturated heterocycles. The summed E-state index contributed by atoms with van der Waals surface area (Å²) in [6.07, 6.45) is 2.80. The first-order chi connectivity index (χ1) is 7.17. The van der Waals surface area contributed by atoms with Crippen molar-refractivity contribution < 1.29 is 24.2 Å². The quantitative estimate of drug-likeness (QED) is 0.685. The number of hydrogen-bond donors (Lipinski definition) is 1. The molecule has 2 rings (SSSR count). The molecule has 2 aliphatic rings. The Morgan fingerprint density at radius 1 is 1.27 bits per heavy atom. The maximum Gasteiger partial charge on any atom is 0.336 e. The van der Waals surface area contributed by atoms with Crippen molar-refractivity contribution in [3.8, 4) is 0 Å². The first-order valence-electron chi connectivity index (χ1n) is 5.21. The highest BCUT2D eigenvalue weighted by atomic mass is 16.8. The zero-order valence-electron chi connectivity index (χ0n) is 8.35. The number of carboxylic acid groups (broad SMARTS) is 1. The lowest BCUT2D eigenvalue weighted by Crippen LogP contribution is -2.34. The minimum absolute atomic E-state index is 0.516. The van der Waals surface area contributed by atoms with E-state index in [1.807, 2.05) is 0 Å². The number of carbonyl (C=O) groups excluding carboxylic acids is 1. The largest absolute Gasteiger partial charge is 0.479 e. The summed E-state index contributed by atoms with van der Waals surface area (Å²) < 4.78 is 10.8. The smallest absolute Gasteiger partial charge is 0.336 e. The van der Waals surface area contributed by atoms with E-state index in [9.17, 15) is 9.59 Å². The Morgan fingerprint density at radius 3 is 2.40 bits per heavy atom. The van der Waals surface area contributed by atoms with Crippen LogP contribution in [0.1, 0.15) is 32.1 Å². The van der Waals surface area contributed by atoms with Gasteiger partial charge in [-0.25, -0.2) is 4.79 Å². The number of aldehydes is 1. The summed E-state index contributed by atoms with van der Waals surface area (Å²) in [5.74, 6) is -1.94. The summed E-state index contributed by atoms with van der Waals surface area (Å²) in [6.45, 7) is 0. The molecular weight excluding hydrogens is 200 g/mol. The van der Waals surface area contributed by atoms with Crippen molar-refractivity contribution in [2.75, 3.05) is 0 Å². The van der Waals surface area contributed by atoms with Gasteiger partial charge in [0, 0.05) is 12.8 Å². The molecule has 1 saturated carbocycles. The average Bonchev–Trinajstić information content (AvgIpc) is 2.58. The fourth-order valence-corrected chi connectivity index (χ4v) is 2.25. The van der Waals surface area contributed by atoms with Crippen molar-refractivity contribution >= 4 is 12.3 Å². The summed E-state index contributed by atoms with van der Waals surface area (Å²) in [5.41, 5.74) is 0. The normalized spacial score (nSPS) is 34.1. The highest BCUT2D eigenvalue weighted by Gasteiger charge is 2.50. The lowest BCUT2D eigenvalue weighted by Gasteiger charge is -2.31. The molecule has 15 heavy (non-hydrogen) atoms. The Balaban J connectivity index is 2.12. The van der Waals surface area contributed by atoms with E-state index in [4.69, 9.17) is 14.6 Å². The predicted octanol–water partition coefficient (Wildman–Crippen LogP) is 0.714. The second kappa shape index (κ2) is 3.90. The van der Waals surface area contributed by atoms with E-state index in [2.05, 4.69) is 0 Å². The van der Waals surface area contributed by atoms with E-state index >= 15 is 0 Å². The van der Waals surface area contributed by atoms with Crippen LogP contribution in [0.25, 0.3) is 0 Å². The van der Waals surface area contributed by atoms with Crippen molar-refractivity contribution in [2.45, 2.75) is 50.1 Å². The molecule has 0 radical (unpaired) electrons. The monoisotopic (exact) mass is 214 g/mol. The molecule has 1 aliphatic heterocycles. The Kier molecular flexibility index (Phi) is 2.75. The Bertz CT molecular complexity index is 269. The molecule has 1 heterocycles.